The number of isothiocyanates is 1. The van der Waals surface area contributed by atoms with Gasteiger partial charge in [-0.05, 0) is 31.6 Å². The van der Waals surface area contributed by atoms with E-state index in [1.54, 1.807) is 6.26 Å². The van der Waals surface area contributed by atoms with Crippen LogP contribution in [0.25, 0.3) is 0 Å². The lowest BCUT2D eigenvalue weighted by atomic mass is 10.4. The third-order valence-electron chi connectivity index (χ3n) is 0.705. The molecule has 3 heteroatoms. The molecule has 0 aromatic carbocycles. The van der Waals surface area contributed by atoms with E-state index < -0.39 is 0 Å². The maximum Gasteiger partial charge on any atom is 0.108 e. The third-order valence-corrected chi connectivity index (χ3v) is 0.834. The van der Waals surface area contributed by atoms with Crippen molar-refractivity contribution in [1.29, 1.82) is 0 Å². The van der Waals surface area contributed by atoms with Gasteiger partial charge in [0.25, 0.3) is 0 Å². The zero-order valence-electron chi connectivity index (χ0n) is 6.26. The standard InChI is InChI=1S/C7H11NOS/c1-7(2)5-9-4-3-8-6-10/h5H,3-4H2,1-2H3. The third kappa shape index (κ3) is 7.34. The number of allylic oxidation sites excluding steroid dienone is 1. The first-order valence-electron chi connectivity index (χ1n) is 3.06. The molecule has 0 fully saturated rings. The predicted molar refractivity (Wildman–Crippen MR) is 45.3 cm³/mol. The normalized spacial score (nSPS) is 7.80. The molecule has 10 heavy (non-hydrogen) atoms. The van der Waals surface area contributed by atoms with E-state index in [0.29, 0.717) is 13.2 Å². The molecule has 0 heterocycles. The zero-order chi connectivity index (χ0) is 7.82. The highest BCUT2D eigenvalue weighted by Crippen LogP contribution is 1.88. The van der Waals surface area contributed by atoms with E-state index in [9.17, 15) is 0 Å². The Balaban J connectivity index is 3.21. The molecular formula is C7H11NOS. The molecule has 0 rings (SSSR count). The van der Waals surface area contributed by atoms with Crippen molar-refractivity contribution in [3.8, 4) is 0 Å². The molecule has 0 bridgehead atoms. The molecule has 0 radical (unpaired) electrons. The summed E-state index contributed by atoms with van der Waals surface area (Å²) in [6.45, 7) is 5.12. The Morgan fingerprint density at radius 2 is 2.40 bits per heavy atom. The fourth-order valence-electron chi connectivity index (χ4n) is 0.370. The Hall–Kier alpha value is -0.660. The minimum Gasteiger partial charge on any atom is -0.499 e. The zero-order valence-corrected chi connectivity index (χ0v) is 7.07. The summed E-state index contributed by atoms with van der Waals surface area (Å²) >= 11 is 4.37. The van der Waals surface area contributed by atoms with Crippen LogP contribution in [0.3, 0.4) is 0 Å². The second-order valence-electron chi connectivity index (χ2n) is 2.04. The first-order chi connectivity index (χ1) is 4.77. The lowest BCUT2D eigenvalue weighted by Gasteiger charge is -1.95. The average molecular weight is 157 g/mol. The summed E-state index contributed by atoms with van der Waals surface area (Å²) in [6, 6.07) is 0. The van der Waals surface area contributed by atoms with Gasteiger partial charge in [0, 0.05) is 0 Å². The van der Waals surface area contributed by atoms with E-state index in [1.165, 1.54) is 0 Å². The van der Waals surface area contributed by atoms with Gasteiger partial charge < -0.3 is 4.74 Å². The van der Waals surface area contributed by atoms with Crippen molar-refractivity contribution in [2.45, 2.75) is 13.8 Å². The van der Waals surface area contributed by atoms with E-state index >= 15 is 0 Å². The van der Waals surface area contributed by atoms with Crippen LogP contribution in [-0.2, 0) is 4.74 Å². The van der Waals surface area contributed by atoms with Crippen LogP contribution in [0.15, 0.2) is 16.8 Å². The van der Waals surface area contributed by atoms with Crippen molar-refractivity contribution in [3.05, 3.63) is 11.8 Å². The van der Waals surface area contributed by atoms with Crippen molar-refractivity contribution >= 4 is 17.4 Å². The topological polar surface area (TPSA) is 21.6 Å². The lowest BCUT2D eigenvalue weighted by molar-refractivity contribution is 0.257. The highest BCUT2D eigenvalue weighted by molar-refractivity contribution is 7.78. The van der Waals surface area contributed by atoms with Gasteiger partial charge in [-0.3, -0.25) is 0 Å². The first-order valence-corrected chi connectivity index (χ1v) is 3.47. The molecule has 0 amide bonds. The number of hydrogen-bond acceptors (Lipinski definition) is 3. The molecule has 0 aromatic rings. The molecule has 0 spiro atoms. The summed E-state index contributed by atoms with van der Waals surface area (Å²) in [6.07, 6.45) is 1.71. The largest absolute Gasteiger partial charge is 0.499 e. The van der Waals surface area contributed by atoms with E-state index in [0.717, 1.165) is 5.57 Å². The van der Waals surface area contributed by atoms with Crippen molar-refractivity contribution in [3.63, 3.8) is 0 Å². The van der Waals surface area contributed by atoms with E-state index in [4.69, 9.17) is 4.74 Å². The molecule has 0 saturated heterocycles. The molecule has 0 aliphatic rings. The van der Waals surface area contributed by atoms with Gasteiger partial charge in [-0.1, -0.05) is 0 Å². The summed E-state index contributed by atoms with van der Waals surface area (Å²) in [5, 5.41) is 2.26. The fourth-order valence-corrected chi connectivity index (χ4v) is 0.461. The monoisotopic (exact) mass is 157 g/mol. The molecule has 0 N–H and O–H groups in total. The molecule has 0 aliphatic carbocycles. The average Bonchev–Trinajstić information content (AvgIpc) is 1.87. The minimum atomic E-state index is 0.578. The van der Waals surface area contributed by atoms with Crippen LogP contribution in [-0.4, -0.2) is 18.3 Å². The Morgan fingerprint density at radius 3 is 2.90 bits per heavy atom. The smallest absolute Gasteiger partial charge is 0.108 e. The molecule has 0 aliphatic heterocycles. The molecule has 2 nitrogen and oxygen atoms in total. The van der Waals surface area contributed by atoms with Gasteiger partial charge in [-0.15, -0.1) is 0 Å². The second kappa shape index (κ2) is 6.46. The molecule has 56 valence electrons. The number of nitrogens with zero attached hydrogens (tertiary/aromatic N) is 1. The number of rotatable bonds is 4. The number of hydrogen-bond donors (Lipinski definition) is 0. The van der Waals surface area contributed by atoms with Crippen LogP contribution in [0.5, 0.6) is 0 Å². The van der Waals surface area contributed by atoms with Crippen molar-refractivity contribution in [2.75, 3.05) is 13.2 Å². The molecule has 0 unspecified atom stereocenters. The predicted octanol–water partition coefficient (Wildman–Crippen LogP) is 2.03. The van der Waals surface area contributed by atoms with Gasteiger partial charge in [0.05, 0.1) is 18.0 Å². The summed E-state index contributed by atoms with van der Waals surface area (Å²) in [5.41, 5.74) is 1.14. The van der Waals surface area contributed by atoms with E-state index in [-0.39, 0.29) is 0 Å². The van der Waals surface area contributed by atoms with Gasteiger partial charge in [-0.25, -0.2) is 4.99 Å². The van der Waals surface area contributed by atoms with Crippen molar-refractivity contribution in [2.24, 2.45) is 4.99 Å². The van der Waals surface area contributed by atoms with Gasteiger partial charge in [0.2, 0.25) is 0 Å². The van der Waals surface area contributed by atoms with Crippen LogP contribution in [0.2, 0.25) is 0 Å². The maximum atomic E-state index is 5.06. The van der Waals surface area contributed by atoms with Crippen molar-refractivity contribution < 1.29 is 4.74 Å². The van der Waals surface area contributed by atoms with Gasteiger partial charge in [0.15, 0.2) is 0 Å². The van der Waals surface area contributed by atoms with Crippen LogP contribution in [0.4, 0.5) is 0 Å². The Bertz CT molecular complexity index is 155. The minimum absolute atomic E-state index is 0.578. The first kappa shape index (κ1) is 9.34. The van der Waals surface area contributed by atoms with Gasteiger partial charge >= 0.3 is 0 Å². The van der Waals surface area contributed by atoms with E-state index in [1.807, 2.05) is 13.8 Å². The number of thiocarbonyl (C=S) groups is 1. The summed E-state index contributed by atoms with van der Waals surface area (Å²) in [4.78, 5) is 3.68. The highest BCUT2D eigenvalue weighted by atomic mass is 32.1. The van der Waals surface area contributed by atoms with Crippen molar-refractivity contribution in [1.82, 2.24) is 0 Å². The maximum absolute atomic E-state index is 5.06. The quantitative estimate of drug-likeness (QED) is 0.269. The lowest BCUT2D eigenvalue weighted by Crippen LogP contribution is -1.91. The van der Waals surface area contributed by atoms with Gasteiger partial charge in [-0.2, -0.15) is 0 Å². The highest BCUT2D eigenvalue weighted by Gasteiger charge is 1.79. The van der Waals surface area contributed by atoms with Crippen LogP contribution in [0, 0.1) is 0 Å². The second-order valence-corrected chi connectivity index (χ2v) is 2.22. The summed E-state index contributed by atoms with van der Waals surface area (Å²) < 4.78 is 5.06. The van der Waals surface area contributed by atoms with Crippen LogP contribution < -0.4 is 0 Å². The summed E-state index contributed by atoms with van der Waals surface area (Å²) in [7, 11) is 0. The SMILES string of the molecule is CC(C)=COCCN=C=S. The fraction of sp³-hybridized carbons (Fsp3) is 0.571. The Morgan fingerprint density at radius 1 is 1.70 bits per heavy atom. The Labute approximate surface area is 66.6 Å². The number of aliphatic imine (C=N–C) groups is 1. The molecule has 0 aromatic heterocycles. The van der Waals surface area contributed by atoms with Crippen LogP contribution in [0.1, 0.15) is 13.8 Å². The molecular weight excluding hydrogens is 146 g/mol. The van der Waals surface area contributed by atoms with Gasteiger partial charge in [0.1, 0.15) is 6.61 Å². The molecule has 0 atom stereocenters. The number of ether oxygens (including phenoxy) is 1. The summed E-state index contributed by atoms with van der Waals surface area (Å²) in [5.74, 6) is 0. The van der Waals surface area contributed by atoms with E-state index in [2.05, 4.69) is 22.4 Å². The Kier molecular flexibility index (Phi) is 6.03. The van der Waals surface area contributed by atoms with Crippen LogP contribution >= 0.6 is 12.2 Å². The molecule has 0 saturated carbocycles.